The number of carbonyl (C=O) groups is 2. The summed E-state index contributed by atoms with van der Waals surface area (Å²) in [4.78, 5) is 25.1. The van der Waals surface area contributed by atoms with Crippen LogP contribution in [0.1, 0.15) is 60.2 Å². The maximum absolute atomic E-state index is 14.5. The normalized spacial score (nSPS) is 10.7. The molecule has 0 spiro atoms. The van der Waals surface area contributed by atoms with Gasteiger partial charge in [-0.15, -0.1) is 0 Å². The monoisotopic (exact) mass is 452 g/mol. The second-order valence-electron chi connectivity index (χ2n) is 6.62. The van der Waals surface area contributed by atoms with Crippen LogP contribution in [0.25, 0.3) is 0 Å². The molecule has 4 nitrogen and oxygen atoms in total. The minimum atomic E-state index is -0.569. The fourth-order valence-corrected chi connectivity index (χ4v) is 5.06. The molecule has 2 N–H and O–H groups in total. The smallest absolute Gasteiger partial charge is 0.252 e. The van der Waals surface area contributed by atoms with Crippen LogP contribution in [0.5, 0.6) is 0 Å². The maximum Gasteiger partial charge on any atom is 0.252 e. The van der Waals surface area contributed by atoms with E-state index in [9.17, 15) is 18.4 Å². The molecule has 0 aromatic heterocycles. The molecule has 2 aromatic rings. The van der Waals surface area contributed by atoms with Gasteiger partial charge in [0.15, 0.2) is 0 Å². The first-order chi connectivity index (χ1) is 14.5. The summed E-state index contributed by atoms with van der Waals surface area (Å²) in [5.74, 6) is -1.89. The molecule has 2 rings (SSSR count). The quantitative estimate of drug-likeness (QED) is 0.333. The Balaban J connectivity index is 2.21. The molecule has 30 heavy (non-hydrogen) atoms. The fourth-order valence-electron chi connectivity index (χ4n) is 2.58. The van der Waals surface area contributed by atoms with E-state index >= 15 is 0 Å². The third-order valence-electron chi connectivity index (χ3n) is 4.26. The maximum atomic E-state index is 14.5. The van der Waals surface area contributed by atoms with E-state index in [1.807, 2.05) is 13.8 Å². The lowest BCUT2D eigenvalue weighted by Crippen LogP contribution is -2.25. The van der Waals surface area contributed by atoms with Gasteiger partial charge in [0.2, 0.25) is 0 Å². The van der Waals surface area contributed by atoms with Gasteiger partial charge in [-0.3, -0.25) is 9.59 Å². The summed E-state index contributed by atoms with van der Waals surface area (Å²) in [5, 5.41) is 5.54. The van der Waals surface area contributed by atoms with Crippen LogP contribution in [-0.2, 0) is 0 Å². The highest BCUT2D eigenvalue weighted by molar-refractivity contribution is 8.76. The van der Waals surface area contributed by atoms with Crippen LogP contribution in [0.3, 0.4) is 0 Å². The largest absolute Gasteiger partial charge is 0.352 e. The number of halogens is 2. The average Bonchev–Trinajstić information content (AvgIpc) is 2.73. The topological polar surface area (TPSA) is 58.2 Å². The minimum Gasteiger partial charge on any atom is -0.352 e. The second-order valence-corrected chi connectivity index (χ2v) is 8.77. The fraction of sp³-hybridized carbons (Fsp3) is 0.364. The number of hydrogen-bond donors (Lipinski definition) is 2. The van der Waals surface area contributed by atoms with Crippen molar-refractivity contribution in [2.45, 2.75) is 49.3 Å². The van der Waals surface area contributed by atoms with Crippen molar-refractivity contribution in [3.63, 3.8) is 0 Å². The van der Waals surface area contributed by atoms with Gasteiger partial charge in [-0.1, -0.05) is 38.8 Å². The third kappa shape index (κ3) is 6.74. The van der Waals surface area contributed by atoms with Crippen molar-refractivity contribution in [3.05, 3.63) is 59.2 Å². The Morgan fingerprint density at radius 1 is 0.767 bits per heavy atom. The molecule has 0 atom stereocenters. The predicted octanol–water partition coefficient (Wildman–Crippen LogP) is 5.82. The van der Waals surface area contributed by atoms with E-state index in [0.717, 1.165) is 47.3 Å². The molecule has 0 saturated heterocycles. The van der Waals surface area contributed by atoms with Crippen molar-refractivity contribution in [1.29, 1.82) is 0 Å². The van der Waals surface area contributed by atoms with E-state index in [4.69, 9.17) is 0 Å². The molecule has 0 aliphatic carbocycles. The highest BCUT2D eigenvalue weighted by atomic mass is 33.1. The van der Waals surface area contributed by atoms with Crippen molar-refractivity contribution in [2.24, 2.45) is 0 Å². The first kappa shape index (κ1) is 24.2. The minimum absolute atomic E-state index is 0.108. The number of carbonyl (C=O) groups excluding carboxylic acids is 2. The highest BCUT2D eigenvalue weighted by Gasteiger charge is 2.20. The summed E-state index contributed by atoms with van der Waals surface area (Å²) < 4.78 is 29.0. The van der Waals surface area contributed by atoms with Crippen LogP contribution >= 0.6 is 21.6 Å². The van der Waals surface area contributed by atoms with Gasteiger partial charge in [-0.2, -0.15) is 0 Å². The standard InChI is InChI=1S/C22H26F2N2O2S2/c1-3-5-13-25-21(27)15-9-7-11-17(23)19(15)29-30-20-16(10-8-12-18(20)24)22(28)26-14-6-4-2/h7-12H,3-6,13-14H2,1-2H3,(H,25,27)(H,26,28). The molecule has 162 valence electrons. The van der Waals surface area contributed by atoms with Crippen LogP contribution in [0, 0.1) is 11.6 Å². The molecule has 8 heteroatoms. The Morgan fingerprint density at radius 2 is 1.17 bits per heavy atom. The Labute approximate surface area is 184 Å². The number of rotatable bonds is 11. The zero-order chi connectivity index (χ0) is 21.9. The third-order valence-corrected chi connectivity index (χ3v) is 6.76. The summed E-state index contributed by atoms with van der Waals surface area (Å²) >= 11 is 0. The zero-order valence-electron chi connectivity index (χ0n) is 17.1. The Bertz CT molecular complexity index is 807. The van der Waals surface area contributed by atoms with Crippen LogP contribution in [0.15, 0.2) is 46.2 Å². The van der Waals surface area contributed by atoms with E-state index in [1.165, 1.54) is 36.4 Å². The molecule has 0 unspecified atom stereocenters. The van der Waals surface area contributed by atoms with Crippen molar-refractivity contribution in [1.82, 2.24) is 10.6 Å². The molecular weight excluding hydrogens is 426 g/mol. The lowest BCUT2D eigenvalue weighted by molar-refractivity contribution is 0.0941. The van der Waals surface area contributed by atoms with Gasteiger partial charge in [0.1, 0.15) is 11.6 Å². The van der Waals surface area contributed by atoms with Gasteiger partial charge in [-0.05, 0) is 58.7 Å². The molecule has 0 radical (unpaired) electrons. The molecular formula is C22H26F2N2O2S2. The molecule has 0 aliphatic heterocycles. The van der Waals surface area contributed by atoms with Crippen LogP contribution in [-0.4, -0.2) is 24.9 Å². The zero-order valence-corrected chi connectivity index (χ0v) is 18.7. The van der Waals surface area contributed by atoms with Crippen molar-refractivity contribution < 1.29 is 18.4 Å². The highest BCUT2D eigenvalue weighted by Crippen LogP contribution is 2.42. The van der Waals surface area contributed by atoms with E-state index in [1.54, 1.807) is 0 Å². The molecule has 0 bridgehead atoms. The molecule has 2 amide bonds. The van der Waals surface area contributed by atoms with Gasteiger partial charge in [0.25, 0.3) is 11.8 Å². The Kier molecular flexibility index (Phi) is 10.2. The number of unbranched alkanes of at least 4 members (excludes halogenated alkanes) is 2. The Morgan fingerprint density at radius 3 is 1.53 bits per heavy atom. The predicted molar refractivity (Wildman–Crippen MR) is 119 cm³/mol. The van der Waals surface area contributed by atoms with E-state index in [2.05, 4.69) is 10.6 Å². The van der Waals surface area contributed by atoms with Crippen LogP contribution in [0.4, 0.5) is 8.78 Å². The number of nitrogens with one attached hydrogen (secondary N) is 2. The van der Waals surface area contributed by atoms with E-state index in [-0.39, 0.29) is 32.7 Å². The summed E-state index contributed by atoms with van der Waals surface area (Å²) in [5.41, 5.74) is 0.378. The van der Waals surface area contributed by atoms with E-state index < -0.39 is 11.6 Å². The van der Waals surface area contributed by atoms with Gasteiger partial charge < -0.3 is 10.6 Å². The summed E-state index contributed by atoms with van der Waals surface area (Å²) in [6.07, 6.45) is 3.50. The SMILES string of the molecule is CCCCNC(=O)c1cccc(F)c1SSc1c(F)cccc1C(=O)NCCCC. The lowest BCUT2D eigenvalue weighted by Gasteiger charge is -2.13. The van der Waals surface area contributed by atoms with Crippen molar-refractivity contribution >= 4 is 33.4 Å². The van der Waals surface area contributed by atoms with E-state index in [0.29, 0.717) is 13.1 Å². The van der Waals surface area contributed by atoms with Crippen molar-refractivity contribution in [3.8, 4) is 0 Å². The van der Waals surface area contributed by atoms with Gasteiger partial charge in [0.05, 0.1) is 20.9 Å². The molecule has 0 heterocycles. The van der Waals surface area contributed by atoms with Crippen LogP contribution < -0.4 is 10.6 Å². The van der Waals surface area contributed by atoms with Gasteiger partial charge in [0, 0.05) is 13.1 Å². The molecule has 0 fully saturated rings. The summed E-state index contributed by atoms with van der Waals surface area (Å²) in [7, 11) is 1.86. The second kappa shape index (κ2) is 12.6. The Hall–Kier alpha value is -2.06. The number of benzene rings is 2. The molecule has 0 aliphatic rings. The number of amides is 2. The average molecular weight is 453 g/mol. The first-order valence-corrected chi connectivity index (χ1v) is 12.1. The molecule has 2 aromatic carbocycles. The lowest BCUT2D eigenvalue weighted by atomic mass is 10.2. The molecule has 0 saturated carbocycles. The summed E-state index contributed by atoms with van der Waals surface area (Å²) in [6.45, 7) is 5.02. The first-order valence-electron chi connectivity index (χ1n) is 9.97. The van der Waals surface area contributed by atoms with Gasteiger partial charge in [-0.25, -0.2) is 8.78 Å². The van der Waals surface area contributed by atoms with Crippen molar-refractivity contribution in [2.75, 3.05) is 13.1 Å². The number of hydrogen-bond acceptors (Lipinski definition) is 4. The summed E-state index contributed by atoms with van der Waals surface area (Å²) in [6, 6.07) is 8.51. The van der Waals surface area contributed by atoms with Crippen LogP contribution in [0.2, 0.25) is 0 Å². The van der Waals surface area contributed by atoms with Gasteiger partial charge >= 0.3 is 0 Å².